The highest BCUT2D eigenvalue weighted by Crippen LogP contribution is 2.26. The number of sulfonamides is 1. The largest absolute Gasteiger partial charge is 0.462 e. The third-order valence-corrected chi connectivity index (χ3v) is 7.40. The van der Waals surface area contributed by atoms with E-state index in [0.29, 0.717) is 24.1 Å². The second-order valence-corrected chi connectivity index (χ2v) is 9.67. The fraction of sp³-hybridized carbons (Fsp3) is 0.391. The Morgan fingerprint density at radius 2 is 1.71 bits per heavy atom. The van der Waals surface area contributed by atoms with E-state index in [9.17, 15) is 18.0 Å². The van der Waals surface area contributed by atoms with Crippen molar-refractivity contribution in [1.82, 2.24) is 4.31 Å². The van der Waals surface area contributed by atoms with E-state index in [2.05, 4.69) is 5.32 Å². The number of aryl methyl sites for hydroxylation is 2. The number of anilines is 1. The molecule has 0 saturated carbocycles. The first-order valence-electron chi connectivity index (χ1n) is 10.4. The zero-order valence-corrected chi connectivity index (χ0v) is 18.9. The number of benzene rings is 2. The van der Waals surface area contributed by atoms with Crippen LogP contribution < -0.4 is 5.32 Å². The van der Waals surface area contributed by atoms with E-state index < -0.39 is 16.0 Å². The van der Waals surface area contributed by atoms with E-state index >= 15 is 0 Å². The lowest BCUT2D eigenvalue weighted by Gasteiger charge is -2.30. The van der Waals surface area contributed by atoms with Gasteiger partial charge in [-0.2, -0.15) is 4.31 Å². The lowest BCUT2D eigenvalue weighted by molar-refractivity contribution is -0.120. The molecule has 0 spiro atoms. The van der Waals surface area contributed by atoms with Crippen LogP contribution in [0.2, 0.25) is 0 Å². The quantitative estimate of drug-likeness (QED) is 0.688. The molecule has 1 saturated heterocycles. The molecular formula is C23H28N2O5S. The van der Waals surface area contributed by atoms with Gasteiger partial charge in [0.2, 0.25) is 15.9 Å². The number of hydrogen-bond acceptors (Lipinski definition) is 5. The minimum atomic E-state index is -3.56. The number of amides is 1. The third-order valence-electron chi connectivity index (χ3n) is 5.49. The summed E-state index contributed by atoms with van der Waals surface area (Å²) in [6.45, 7) is 6.34. The van der Waals surface area contributed by atoms with Gasteiger partial charge >= 0.3 is 5.97 Å². The van der Waals surface area contributed by atoms with Gasteiger partial charge in [-0.25, -0.2) is 13.2 Å². The first-order chi connectivity index (χ1) is 14.7. The molecule has 1 heterocycles. The molecule has 31 heavy (non-hydrogen) atoms. The van der Waals surface area contributed by atoms with E-state index in [0.717, 1.165) is 11.1 Å². The Balaban J connectivity index is 1.64. The molecule has 1 fully saturated rings. The van der Waals surface area contributed by atoms with Crippen LogP contribution >= 0.6 is 0 Å². The summed E-state index contributed by atoms with van der Waals surface area (Å²) in [5.41, 5.74) is 2.77. The maximum Gasteiger partial charge on any atom is 0.338 e. The van der Waals surface area contributed by atoms with Crippen LogP contribution in [0.4, 0.5) is 5.69 Å². The van der Waals surface area contributed by atoms with Gasteiger partial charge in [0, 0.05) is 24.7 Å². The summed E-state index contributed by atoms with van der Waals surface area (Å²) in [6.07, 6.45) is 0.876. The smallest absolute Gasteiger partial charge is 0.338 e. The Bertz CT molecular complexity index is 1060. The maximum absolute atomic E-state index is 12.8. The zero-order chi connectivity index (χ0) is 22.6. The van der Waals surface area contributed by atoms with Gasteiger partial charge in [0.1, 0.15) is 0 Å². The van der Waals surface area contributed by atoms with E-state index in [1.165, 1.54) is 4.31 Å². The number of carbonyl (C=O) groups is 2. The molecule has 2 aromatic rings. The van der Waals surface area contributed by atoms with Gasteiger partial charge in [0.05, 0.1) is 17.1 Å². The zero-order valence-electron chi connectivity index (χ0n) is 18.1. The summed E-state index contributed by atoms with van der Waals surface area (Å²) in [6, 6.07) is 11.8. The molecule has 1 N–H and O–H groups in total. The average Bonchev–Trinajstić information content (AvgIpc) is 2.75. The van der Waals surface area contributed by atoms with Gasteiger partial charge in [0.25, 0.3) is 0 Å². The molecular weight excluding hydrogens is 416 g/mol. The molecule has 0 aliphatic carbocycles. The molecule has 7 nitrogen and oxygen atoms in total. The standard InChI is InChI=1S/C23H28N2O5S/c1-4-30-23(27)19-8-7-17(3)21(15-19)24-22(26)18-11-13-25(14-12-18)31(28,29)20-9-5-16(2)6-10-20/h5-10,15,18H,4,11-14H2,1-3H3,(H,24,26). The summed E-state index contributed by atoms with van der Waals surface area (Å²) >= 11 is 0. The highest BCUT2D eigenvalue weighted by atomic mass is 32.2. The number of ether oxygens (including phenoxy) is 1. The SMILES string of the molecule is CCOC(=O)c1ccc(C)c(NC(=O)C2CCN(S(=O)(=O)c3ccc(C)cc3)CC2)c1. The van der Waals surface area contributed by atoms with Gasteiger partial charge in [0.15, 0.2) is 0 Å². The summed E-state index contributed by atoms with van der Waals surface area (Å²) in [5, 5.41) is 2.89. The minimum Gasteiger partial charge on any atom is -0.462 e. The number of nitrogens with zero attached hydrogens (tertiary/aromatic N) is 1. The predicted octanol–water partition coefficient (Wildman–Crippen LogP) is 3.52. The van der Waals surface area contributed by atoms with Crippen LogP contribution in [-0.2, 0) is 19.6 Å². The Labute approximate surface area is 183 Å². The van der Waals surface area contributed by atoms with Gasteiger partial charge < -0.3 is 10.1 Å². The normalized spacial score (nSPS) is 15.5. The van der Waals surface area contributed by atoms with Crippen molar-refractivity contribution in [3.8, 4) is 0 Å². The molecule has 1 aliphatic heterocycles. The van der Waals surface area contributed by atoms with Gasteiger partial charge in [-0.3, -0.25) is 4.79 Å². The fourth-order valence-corrected chi connectivity index (χ4v) is 5.02. The van der Waals surface area contributed by atoms with Crippen molar-refractivity contribution >= 4 is 27.6 Å². The van der Waals surface area contributed by atoms with Gasteiger partial charge in [-0.1, -0.05) is 23.8 Å². The third kappa shape index (κ3) is 5.32. The Hall–Kier alpha value is -2.71. The summed E-state index contributed by atoms with van der Waals surface area (Å²) in [4.78, 5) is 25.0. The Morgan fingerprint density at radius 1 is 1.06 bits per heavy atom. The lowest BCUT2D eigenvalue weighted by Crippen LogP contribution is -2.41. The molecule has 0 aromatic heterocycles. The van der Waals surface area contributed by atoms with Crippen molar-refractivity contribution in [3.63, 3.8) is 0 Å². The van der Waals surface area contributed by atoms with Crippen LogP contribution in [0.5, 0.6) is 0 Å². The summed E-state index contributed by atoms with van der Waals surface area (Å²) < 4.78 is 32.1. The van der Waals surface area contributed by atoms with Crippen molar-refractivity contribution in [2.24, 2.45) is 5.92 Å². The Morgan fingerprint density at radius 3 is 2.32 bits per heavy atom. The summed E-state index contributed by atoms with van der Waals surface area (Å²) in [5.74, 6) is -0.903. The van der Waals surface area contributed by atoms with E-state index in [-0.39, 0.29) is 36.4 Å². The van der Waals surface area contributed by atoms with Crippen LogP contribution in [-0.4, -0.2) is 44.3 Å². The van der Waals surface area contributed by atoms with E-state index in [1.54, 1.807) is 49.4 Å². The van der Waals surface area contributed by atoms with Crippen LogP contribution in [0.25, 0.3) is 0 Å². The summed E-state index contributed by atoms with van der Waals surface area (Å²) in [7, 11) is -3.56. The molecule has 0 radical (unpaired) electrons. The van der Waals surface area contributed by atoms with Crippen LogP contribution in [0, 0.1) is 19.8 Å². The molecule has 8 heteroatoms. The van der Waals surface area contributed by atoms with Crippen molar-refractivity contribution in [2.75, 3.05) is 25.0 Å². The second-order valence-electron chi connectivity index (χ2n) is 7.73. The first-order valence-corrected chi connectivity index (χ1v) is 11.8. The molecule has 0 unspecified atom stereocenters. The highest BCUT2D eigenvalue weighted by molar-refractivity contribution is 7.89. The second kappa shape index (κ2) is 9.62. The Kier molecular flexibility index (Phi) is 7.12. The molecule has 166 valence electrons. The average molecular weight is 445 g/mol. The number of rotatable bonds is 6. The monoisotopic (exact) mass is 444 g/mol. The lowest BCUT2D eigenvalue weighted by atomic mass is 9.97. The van der Waals surface area contributed by atoms with Crippen LogP contribution in [0.3, 0.4) is 0 Å². The molecule has 1 amide bonds. The number of nitrogens with one attached hydrogen (secondary N) is 1. The number of esters is 1. The van der Waals surface area contributed by atoms with Crippen molar-refractivity contribution < 1.29 is 22.7 Å². The number of hydrogen-bond donors (Lipinski definition) is 1. The van der Waals surface area contributed by atoms with Crippen molar-refractivity contribution in [3.05, 3.63) is 59.2 Å². The maximum atomic E-state index is 12.8. The molecule has 1 aliphatic rings. The van der Waals surface area contributed by atoms with Gasteiger partial charge in [-0.05, 0) is 63.4 Å². The minimum absolute atomic E-state index is 0.170. The molecule has 0 bridgehead atoms. The van der Waals surface area contributed by atoms with E-state index in [1.807, 2.05) is 13.8 Å². The van der Waals surface area contributed by atoms with Crippen LogP contribution in [0.1, 0.15) is 41.3 Å². The molecule has 2 aromatic carbocycles. The van der Waals surface area contributed by atoms with Crippen molar-refractivity contribution in [1.29, 1.82) is 0 Å². The van der Waals surface area contributed by atoms with Crippen molar-refractivity contribution in [2.45, 2.75) is 38.5 Å². The highest BCUT2D eigenvalue weighted by Gasteiger charge is 2.32. The number of piperidine rings is 1. The van der Waals surface area contributed by atoms with Gasteiger partial charge in [-0.15, -0.1) is 0 Å². The molecule has 3 rings (SSSR count). The first kappa shape index (κ1) is 23.0. The van der Waals surface area contributed by atoms with Crippen LogP contribution in [0.15, 0.2) is 47.4 Å². The molecule has 0 atom stereocenters. The van der Waals surface area contributed by atoms with E-state index in [4.69, 9.17) is 4.74 Å². The number of carbonyl (C=O) groups excluding carboxylic acids is 2. The predicted molar refractivity (Wildman–Crippen MR) is 118 cm³/mol. The topological polar surface area (TPSA) is 92.8 Å². The fourth-order valence-electron chi connectivity index (χ4n) is 3.55.